The molecule has 0 aliphatic heterocycles. The molecule has 0 unspecified atom stereocenters. The number of rotatable bonds is 4. The second-order valence-electron chi connectivity index (χ2n) is 7.74. The lowest BCUT2D eigenvalue weighted by Gasteiger charge is -2.37. The predicted octanol–water partition coefficient (Wildman–Crippen LogP) is 5.84. The maximum atomic E-state index is 6.27. The molecule has 1 aliphatic rings. The molecule has 1 N–H and O–H groups in total. The summed E-state index contributed by atoms with van der Waals surface area (Å²) in [6, 6.07) is 8.49. The van der Waals surface area contributed by atoms with Crippen LogP contribution in [-0.4, -0.2) is 6.54 Å². The minimum absolute atomic E-state index is 0.332. The Morgan fingerprint density at radius 1 is 1.14 bits per heavy atom. The van der Waals surface area contributed by atoms with Crippen molar-refractivity contribution in [3.05, 3.63) is 34.9 Å². The molecule has 0 bridgehead atoms. The van der Waals surface area contributed by atoms with Crippen LogP contribution in [0, 0.1) is 17.3 Å². The molecule has 1 saturated carbocycles. The molecule has 0 aromatic heterocycles. The third-order valence-electron chi connectivity index (χ3n) is 5.16. The van der Waals surface area contributed by atoms with Crippen LogP contribution in [0.5, 0.6) is 0 Å². The van der Waals surface area contributed by atoms with Gasteiger partial charge < -0.3 is 5.32 Å². The number of nitrogens with one attached hydrogen (secondary N) is 1. The molecule has 118 valence electrons. The van der Waals surface area contributed by atoms with Crippen molar-refractivity contribution < 1.29 is 0 Å². The van der Waals surface area contributed by atoms with Gasteiger partial charge in [0, 0.05) is 11.1 Å². The van der Waals surface area contributed by atoms with E-state index in [4.69, 9.17) is 11.6 Å². The second kappa shape index (κ2) is 7.15. The van der Waals surface area contributed by atoms with E-state index in [1.165, 1.54) is 31.2 Å². The SMILES string of the molecule is C[C@@H](NCC1CCC(C(C)(C)C)CC1)c1ccccc1Cl. The second-order valence-corrected chi connectivity index (χ2v) is 8.14. The molecular weight excluding hydrogens is 278 g/mol. The maximum Gasteiger partial charge on any atom is 0.0453 e. The van der Waals surface area contributed by atoms with Gasteiger partial charge in [-0.1, -0.05) is 50.6 Å². The molecule has 1 aliphatic carbocycles. The largest absolute Gasteiger partial charge is 0.310 e. The summed E-state index contributed by atoms with van der Waals surface area (Å²) in [4.78, 5) is 0. The van der Waals surface area contributed by atoms with Crippen LogP contribution in [0.2, 0.25) is 5.02 Å². The highest BCUT2D eigenvalue weighted by molar-refractivity contribution is 6.31. The summed E-state index contributed by atoms with van der Waals surface area (Å²) in [5, 5.41) is 4.55. The first-order chi connectivity index (χ1) is 9.88. The molecular formula is C19H30ClN. The van der Waals surface area contributed by atoms with Crippen LogP contribution >= 0.6 is 11.6 Å². The normalized spacial score (nSPS) is 24.8. The summed E-state index contributed by atoms with van der Waals surface area (Å²) < 4.78 is 0. The maximum absolute atomic E-state index is 6.27. The molecule has 21 heavy (non-hydrogen) atoms. The topological polar surface area (TPSA) is 12.0 Å². The van der Waals surface area contributed by atoms with Crippen LogP contribution in [-0.2, 0) is 0 Å². The van der Waals surface area contributed by atoms with Crippen LogP contribution < -0.4 is 5.32 Å². The fourth-order valence-electron chi connectivity index (χ4n) is 3.51. The number of halogens is 1. The predicted molar refractivity (Wildman–Crippen MR) is 92.8 cm³/mol. The Balaban J connectivity index is 1.79. The fraction of sp³-hybridized carbons (Fsp3) is 0.684. The molecule has 1 atom stereocenters. The molecule has 0 radical (unpaired) electrons. The van der Waals surface area contributed by atoms with Gasteiger partial charge in [0.2, 0.25) is 0 Å². The fourth-order valence-corrected chi connectivity index (χ4v) is 3.81. The Kier molecular flexibility index (Phi) is 5.73. The van der Waals surface area contributed by atoms with Crippen molar-refractivity contribution in [3.8, 4) is 0 Å². The summed E-state index contributed by atoms with van der Waals surface area (Å²) >= 11 is 6.27. The Morgan fingerprint density at radius 2 is 1.76 bits per heavy atom. The van der Waals surface area contributed by atoms with E-state index in [0.29, 0.717) is 11.5 Å². The van der Waals surface area contributed by atoms with Crippen LogP contribution in [0.15, 0.2) is 24.3 Å². The van der Waals surface area contributed by atoms with E-state index in [1.807, 2.05) is 12.1 Å². The van der Waals surface area contributed by atoms with Gasteiger partial charge in [0.1, 0.15) is 0 Å². The van der Waals surface area contributed by atoms with Gasteiger partial charge in [0.05, 0.1) is 0 Å². The van der Waals surface area contributed by atoms with Gasteiger partial charge in [-0.05, 0) is 68.0 Å². The third kappa shape index (κ3) is 4.72. The molecule has 1 fully saturated rings. The lowest BCUT2D eigenvalue weighted by atomic mass is 9.70. The number of hydrogen-bond acceptors (Lipinski definition) is 1. The van der Waals surface area contributed by atoms with E-state index < -0.39 is 0 Å². The highest BCUT2D eigenvalue weighted by Crippen LogP contribution is 2.39. The van der Waals surface area contributed by atoms with Gasteiger partial charge in [-0.25, -0.2) is 0 Å². The molecule has 2 rings (SSSR count). The van der Waals surface area contributed by atoms with Crippen molar-refractivity contribution >= 4 is 11.6 Å². The van der Waals surface area contributed by atoms with E-state index in [9.17, 15) is 0 Å². The molecule has 1 aromatic carbocycles. The van der Waals surface area contributed by atoms with Gasteiger partial charge in [-0.3, -0.25) is 0 Å². The summed E-state index contributed by atoms with van der Waals surface area (Å²) in [6.07, 6.45) is 5.50. The van der Waals surface area contributed by atoms with Crippen molar-refractivity contribution in [2.75, 3.05) is 6.54 Å². The van der Waals surface area contributed by atoms with Gasteiger partial charge >= 0.3 is 0 Å². The van der Waals surface area contributed by atoms with E-state index in [1.54, 1.807) is 0 Å². The zero-order valence-corrected chi connectivity index (χ0v) is 14.7. The molecule has 0 saturated heterocycles. The third-order valence-corrected chi connectivity index (χ3v) is 5.50. The number of hydrogen-bond donors (Lipinski definition) is 1. The lowest BCUT2D eigenvalue weighted by Crippen LogP contribution is -2.31. The summed E-state index contributed by atoms with van der Waals surface area (Å²) in [5.41, 5.74) is 1.69. The van der Waals surface area contributed by atoms with E-state index in [0.717, 1.165) is 23.4 Å². The Labute approximate surface area is 135 Å². The first kappa shape index (κ1) is 16.8. The standard InChI is InChI=1S/C19H30ClN/c1-14(17-7-5-6-8-18(17)20)21-13-15-9-11-16(12-10-15)19(2,3)4/h5-8,14-16,21H,9-13H2,1-4H3/t14-,15?,16?/m1/s1. The van der Waals surface area contributed by atoms with Gasteiger partial charge in [-0.15, -0.1) is 0 Å². The summed E-state index contributed by atoms with van der Waals surface area (Å²) in [5.74, 6) is 1.73. The Morgan fingerprint density at radius 3 is 2.33 bits per heavy atom. The zero-order chi connectivity index (χ0) is 15.5. The van der Waals surface area contributed by atoms with Crippen LogP contribution in [0.3, 0.4) is 0 Å². The van der Waals surface area contributed by atoms with Crippen molar-refractivity contribution in [1.29, 1.82) is 0 Å². The molecule has 0 heterocycles. The van der Waals surface area contributed by atoms with Gasteiger partial charge in [0.25, 0.3) is 0 Å². The molecule has 1 aromatic rings. The van der Waals surface area contributed by atoms with Crippen LogP contribution in [0.4, 0.5) is 0 Å². The van der Waals surface area contributed by atoms with Crippen molar-refractivity contribution in [2.24, 2.45) is 17.3 Å². The molecule has 2 heteroatoms. The van der Waals surface area contributed by atoms with Crippen molar-refractivity contribution in [3.63, 3.8) is 0 Å². The Bertz CT molecular complexity index is 441. The van der Waals surface area contributed by atoms with Crippen LogP contribution in [0.25, 0.3) is 0 Å². The lowest BCUT2D eigenvalue weighted by molar-refractivity contribution is 0.148. The number of benzene rings is 1. The average molecular weight is 308 g/mol. The summed E-state index contributed by atoms with van der Waals surface area (Å²) in [7, 11) is 0. The molecule has 1 nitrogen and oxygen atoms in total. The first-order valence-corrected chi connectivity index (χ1v) is 8.73. The van der Waals surface area contributed by atoms with Crippen LogP contribution in [0.1, 0.15) is 65.0 Å². The van der Waals surface area contributed by atoms with Gasteiger partial charge in [-0.2, -0.15) is 0 Å². The minimum Gasteiger partial charge on any atom is -0.310 e. The van der Waals surface area contributed by atoms with Gasteiger partial charge in [0.15, 0.2) is 0 Å². The Hall–Kier alpha value is -0.530. The van der Waals surface area contributed by atoms with Crippen molar-refractivity contribution in [2.45, 2.75) is 59.4 Å². The molecule has 0 amide bonds. The minimum atomic E-state index is 0.332. The smallest absolute Gasteiger partial charge is 0.0453 e. The summed E-state index contributed by atoms with van der Waals surface area (Å²) in [6.45, 7) is 10.5. The molecule has 0 spiro atoms. The van der Waals surface area contributed by atoms with Crippen molar-refractivity contribution in [1.82, 2.24) is 5.32 Å². The van der Waals surface area contributed by atoms with E-state index >= 15 is 0 Å². The monoisotopic (exact) mass is 307 g/mol. The van der Waals surface area contributed by atoms with E-state index in [2.05, 4.69) is 45.1 Å². The zero-order valence-electron chi connectivity index (χ0n) is 14.0. The average Bonchev–Trinajstić information content (AvgIpc) is 2.45. The quantitative estimate of drug-likeness (QED) is 0.736. The highest BCUT2D eigenvalue weighted by atomic mass is 35.5. The highest BCUT2D eigenvalue weighted by Gasteiger charge is 2.29. The first-order valence-electron chi connectivity index (χ1n) is 8.35. The van der Waals surface area contributed by atoms with E-state index in [-0.39, 0.29) is 0 Å².